The molecule has 0 fully saturated rings. The number of hydrogen-bond acceptors (Lipinski definition) is 9. The van der Waals surface area contributed by atoms with Crippen LogP contribution < -0.4 is 0 Å². The SMILES string of the molecule is O=S(=O)([O-])C(F)(F)C(F)(F)F.O=S(=O)([O-])C(F)(F)C(F)(F)F.O=S(=O)([O-])C(F)(F)C(F)(F)F.[Sb+3]. The molecule has 34 heavy (non-hydrogen) atoms. The standard InChI is InChI=1S/3C2HF5O3S.Sb/c3*3-1(4,5)2(6,7)11(8,9)10;/h3*(H,8,9,10);/q;;;+3/p-3. The molecule has 0 saturated heterocycles. The molecule has 0 aromatic rings. The summed E-state index contributed by atoms with van der Waals surface area (Å²) in [5.41, 5.74) is 0. The molecule has 0 rings (SSSR count). The van der Waals surface area contributed by atoms with E-state index >= 15 is 0 Å². The zero-order valence-electron chi connectivity index (χ0n) is 14.0. The van der Waals surface area contributed by atoms with Gasteiger partial charge in [0.1, 0.15) is 0 Å². The average molecular weight is 719 g/mol. The van der Waals surface area contributed by atoms with Crippen LogP contribution in [0.5, 0.6) is 0 Å². The van der Waals surface area contributed by atoms with E-state index in [4.69, 9.17) is 0 Å². The Labute approximate surface area is 194 Å². The van der Waals surface area contributed by atoms with Crippen molar-refractivity contribution in [2.75, 3.05) is 0 Å². The molecule has 206 valence electrons. The van der Waals surface area contributed by atoms with Gasteiger partial charge in [-0.05, 0) is 0 Å². The van der Waals surface area contributed by atoms with Gasteiger partial charge < -0.3 is 13.7 Å². The zero-order chi connectivity index (χ0) is 28.5. The Bertz CT molecular complexity index is 846. The first-order valence-electron chi connectivity index (χ1n) is 5.70. The van der Waals surface area contributed by atoms with Crippen LogP contribution in [-0.4, -0.2) is 97.6 Å². The summed E-state index contributed by atoms with van der Waals surface area (Å²) in [7, 11) is -20.0. The quantitative estimate of drug-likeness (QED) is 0.239. The summed E-state index contributed by atoms with van der Waals surface area (Å²) < 4.78 is 251. The van der Waals surface area contributed by atoms with E-state index in [0.717, 1.165) is 0 Å². The summed E-state index contributed by atoms with van der Waals surface area (Å²) in [5.74, 6) is 0. The Hall–Kier alpha value is -0.502. The zero-order valence-corrected chi connectivity index (χ0v) is 19.0. The summed E-state index contributed by atoms with van der Waals surface area (Å²) in [6, 6.07) is 0. The molecule has 0 spiro atoms. The van der Waals surface area contributed by atoms with E-state index in [0.29, 0.717) is 0 Å². The molecule has 0 aliphatic rings. The van der Waals surface area contributed by atoms with Crippen LogP contribution in [-0.2, 0) is 30.4 Å². The molecule has 0 atom stereocenters. The van der Waals surface area contributed by atoms with Gasteiger partial charge in [0.15, 0.2) is 30.4 Å². The average Bonchev–Trinajstić information content (AvgIpc) is 2.41. The van der Waals surface area contributed by atoms with Gasteiger partial charge >= 0.3 is 58.7 Å². The Morgan fingerprint density at radius 1 is 0.353 bits per heavy atom. The third kappa shape index (κ3) is 10.2. The molecule has 0 aromatic heterocycles. The smallest absolute Gasteiger partial charge is 0.743 e. The minimum absolute atomic E-state index is 0. The fourth-order valence-corrected chi connectivity index (χ4v) is 1.28. The third-order valence-electron chi connectivity index (χ3n) is 1.93. The molecule has 0 heterocycles. The van der Waals surface area contributed by atoms with Crippen molar-refractivity contribution < 1.29 is 105 Å². The minimum atomic E-state index is -6.67. The van der Waals surface area contributed by atoms with Crippen LogP contribution in [0.2, 0.25) is 0 Å². The van der Waals surface area contributed by atoms with E-state index in [1.807, 2.05) is 0 Å². The van der Waals surface area contributed by atoms with Crippen molar-refractivity contribution in [1.29, 1.82) is 0 Å². The number of rotatable bonds is 3. The molecule has 0 saturated carbocycles. The van der Waals surface area contributed by atoms with E-state index in [9.17, 15) is 105 Å². The summed E-state index contributed by atoms with van der Waals surface area (Å²) >= 11 is 0. The van der Waals surface area contributed by atoms with Crippen molar-refractivity contribution in [3.8, 4) is 0 Å². The van der Waals surface area contributed by atoms with Crippen LogP contribution in [0, 0.1) is 0 Å². The summed E-state index contributed by atoms with van der Waals surface area (Å²) in [6.07, 6.45) is -19.1. The maximum absolute atomic E-state index is 11.4. The van der Waals surface area contributed by atoms with Gasteiger partial charge in [0, 0.05) is 0 Å². The van der Waals surface area contributed by atoms with Crippen molar-refractivity contribution in [2.24, 2.45) is 0 Å². The maximum Gasteiger partial charge on any atom is 3.00 e. The van der Waals surface area contributed by atoms with Gasteiger partial charge in [0.25, 0.3) is 0 Å². The van der Waals surface area contributed by atoms with Crippen molar-refractivity contribution in [3.63, 3.8) is 0 Å². The molecule has 0 aliphatic heterocycles. The van der Waals surface area contributed by atoms with Gasteiger partial charge in [-0.15, -0.1) is 0 Å². The molecule has 9 nitrogen and oxygen atoms in total. The summed E-state index contributed by atoms with van der Waals surface area (Å²) in [6.45, 7) is 0. The normalized spacial score (nSPS) is 14.6. The predicted octanol–water partition coefficient (Wildman–Crippen LogP) is 1.68. The number of hydrogen-bond donors (Lipinski definition) is 0. The summed E-state index contributed by atoms with van der Waals surface area (Å²) in [5, 5.41) is -18.6. The minimum Gasteiger partial charge on any atom is -0.743 e. The van der Waals surface area contributed by atoms with Gasteiger partial charge in [-0.1, -0.05) is 0 Å². The van der Waals surface area contributed by atoms with Gasteiger partial charge in [-0.25, -0.2) is 25.3 Å². The molecule has 2 radical (unpaired) electrons. The molecule has 0 aromatic carbocycles. The Balaban J connectivity index is -0.000000196. The van der Waals surface area contributed by atoms with Crippen molar-refractivity contribution in [1.82, 2.24) is 0 Å². The Morgan fingerprint density at radius 3 is 0.441 bits per heavy atom. The van der Waals surface area contributed by atoms with Gasteiger partial charge in [-0.3, -0.25) is 0 Å². The molecule has 0 unspecified atom stereocenters. The van der Waals surface area contributed by atoms with Crippen LogP contribution in [0.1, 0.15) is 0 Å². The van der Waals surface area contributed by atoms with E-state index in [2.05, 4.69) is 0 Å². The van der Waals surface area contributed by atoms with Crippen LogP contribution in [0.25, 0.3) is 0 Å². The van der Waals surface area contributed by atoms with Crippen LogP contribution in [0.3, 0.4) is 0 Å². The van der Waals surface area contributed by atoms with Gasteiger partial charge in [0.2, 0.25) is 0 Å². The first-order chi connectivity index (χ1) is 13.5. The second-order valence-electron chi connectivity index (χ2n) is 4.41. The van der Waals surface area contributed by atoms with Crippen LogP contribution in [0.15, 0.2) is 0 Å². The van der Waals surface area contributed by atoms with Crippen molar-refractivity contribution >= 4 is 54.8 Å². The second kappa shape index (κ2) is 11.3. The van der Waals surface area contributed by atoms with Crippen LogP contribution in [0.4, 0.5) is 65.9 Å². The van der Waals surface area contributed by atoms with E-state index in [1.165, 1.54) is 0 Å². The molecule has 0 bridgehead atoms. The van der Waals surface area contributed by atoms with E-state index in [-0.39, 0.29) is 24.4 Å². The Morgan fingerprint density at radius 2 is 0.441 bits per heavy atom. The third-order valence-corrected chi connectivity index (χ3v) is 4.51. The fourth-order valence-electron chi connectivity index (χ4n) is 0.425. The predicted molar refractivity (Wildman–Crippen MR) is 67.9 cm³/mol. The molecular formula is C6F15O9S3Sb. The topological polar surface area (TPSA) is 172 Å². The molecule has 0 amide bonds. The van der Waals surface area contributed by atoms with Crippen molar-refractivity contribution in [2.45, 2.75) is 34.3 Å². The largest absolute Gasteiger partial charge is 3.00 e. The monoisotopic (exact) mass is 718 g/mol. The van der Waals surface area contributed by atoms with Crippen molar-refractivity contribution in [3.05, 3.63) is 0 Å². The molecule has 0 aliphatic carbocycles. The molecule has 0 N–H and O–H groups in total. The number of alkyl halides is 15. The molecule has 28 heteroatoms. The number of halogens is 15. The summed E-state index contributed by atoms with van der Waals surface area (Å²) in [4.78, 5) is 0. The maximum atomic E-state index is 11.4. The first kappa shape index (κ1) is 40.7. The first-order valence-corrected chi connectivity index (χ1v) is 9.92. The van der Waals surface area contributed by atoms with Crippen LogP contribution >= 0.6 is 0 Å². The fraction of sp³-hybridized carbons (Fsp3) is 1.00. The van der Waals surface area contributed by atoms with Gasteiger partial charge in [-0.2, -0.15) is 65.9 Å². The van der Waals surface area contributed by atoms with E-state index in [1.54, 1.807) is 0 Å². The molecular weight excluding hydrogens is 719 g/mol. The van der Waals surface area contributed by atoms with Gasteiger partial charge in [0.05, 0.1) is 0 Å². The van der Waals surface area contributed by atoms with E-state index < -0.39 is 64.6 Å². The second-order valence-corrected chi connectivity index (χ2v) is 8.67. The Kier molecular flexibility index (Phi) is 13.5.